The van der Waals surface area contributed by atoms with Crippen LogP contribution in [-0.2, 0) is 10.0 Å². The van der Waals surface area contributed by atoms with Gasteiger partial charge in [-0.25, -0.2) is 12.8 Å². The van der Waals surface area contributed by atoms with Crippen molar-refractivity contribution in [2.75, 3.05) is 11.3 Å². The normalized spacial score (nSPS) is 11.9. The number of carbonyl (C=O) groups is 1. The molecule has 6 nitrogen and oxygen atoms in total. The number of sulfonamides is 1. The number of halogens is 1. The summed E-state index contributed by atoms with van der Waals surface area (Å²) in [7, 11) is -3.93. The Kier molecular flexibility index (Phi) is 5.68. The van der Waals surface area contributed by atoms with Gasteiger partial charge in [0.05, 0.1) is 4.90 Å². The Morgan fingerprint density at radius 1 is 1.15 bits per heavy atom. The number of nitrogens with one attached hydrogen (secondary N) is 2. The molecule has 2 aromatic rings. The lowest BCUT2D eigenvalue weighted by molar-refractivity contribution is 0.0915. The van der Waals surface area contributed by atoms with Gasteiger partial charge in [0, 0.05) is 23.3 Å². The molecule has 8 heteroatoms. The lowest BCUT2D eigenvalue weighted by atomic mass is 10.0. The van der Waals surface area contributed by atoms with Gasteiger partial charge in [-0.05, 0) is 62.7 Å². The fourth-order valence-corrected chi connectivity index (χ4v) is 3.26. The van der Waals surface area contributed by atoms with Crippen LogP contribution in [0.1, 0.15) is 29.8 Å². The van der Waals surface area contributed by atoms with Crippen molar-refractivity contribution in [1.82, 2.24) is 5.32 Å². The van der Waals surface area contributed by atoms with Crippen molar-refractivity contribution in [3.63, 3.8) is 0 Å². The quantitative estimate of drug-likeness (QED) is 0.717. The predicted octanol–water partition coefficient (Wildman–Crippen LogP) is 2.40. The van der Waals surface area contributed by atoms with Crippen molar-refractivity contribution in [3.8, 4) is 0 Å². The molecule has 0 heterocycles. The van der Waals surface area contributed by atoms with Crippen LogP contribution in [-0.4, -0.2) is 26.4 Å². The summed E-state index contributed by atoms with van der Waals surface area (Å²) in [6.45, 7) is 5.50. The second-order valence-corrected chi connectivity index (χ2v) is 8.31. The summed E-state index contributed by atoms with van der Waals surface area (Å²) in [4.78, 5) is 12.4. The Balaban J connectivity index is 2.32. The molecule has 0 aromatic heterocycles. The standard InChI is InChI=1S/C18H22FN3O3S/c1-12-4-9-15(10-16(12)17(23)21-18(2,3)11-20)26(24,25)22-14-7-5-13(19)6-8-14/h4-10,22H,11,20H2,1-3H3,(H,21,23). The maximum absolute atomic E-state index is 13.0. The zero-order valence-corrected chi connectivity index (χ0v) is 15.7. The molecule has 2 rings (SSSR count). The van der Waals surface area contributed by atoms with E-state index in [9.17, 15) is 17.6 Å². The minimum Gasteiger partial charge on any atom is -0.346 e. The molecule has 0 aliphatic heterocycles. The molecule has 0 saturated carbocycles. The number of benzene rings is 2. The van der Waals surface area contributed by atoms with Crippen LogP contribution in [0.2, 0.25) is 0 Å². The molecule has 0 spiro atoms. The Labute approximate surface area is 152 Å². The number of hydrogen-bond acceptors (Lipinski definition) is 4. The number of amides is 1. The third-order valence-corrected chi connectivity index (χ3v) is 5.20. The summed E-state index contributed by atoms with van der Waals surface area (Å²) in [6.07, 6.45) is 0. The van der Waals surface area contributed by atoms with Crippen molar-refractivity contribution in [2.45, 2.75) is 31.2 Å². The van der Waals surface area contributed by atoms with E-state index in [1.54, 1.807) is 26.8 Å². The zero-order valence-electron chi connectivity index (χ0n) is 14.8. The molecule has 140 valence electrons. The smallest absolute Gasteiger partial charge is 0.261 e. The van der Waals surface area contributed by atoms with Crippen LogP contribution < -0.4 is 15.8 Å². The first-order chi connectivity index (χ1) is 12.0. The van der Waals surface area contributed by atoms with Gasteiger partial charge >= 0.3 is 0 Å². The second kappa shape index (κ2) is 7.43. The molecular formula is C18H22FN3O3S. The third kappa shape index (κ3) is 4.80. The van der Waals surface area contributed by atoms with E-state index in [1.807, 2.05) is 0 Å². The first-order valence-electron chi connectivity index (χ1n) is 7.96. The van der Waals surface area contributed by atoms with E-state index in [2.05, 4.69) is 10.0 Å². The van der Waals surface area contributed by atoms with Gasteiger partial charge in [-0.2, -0.15) is 0 Å². The van der Waals surface area contributed by atoms with Crippen LogP contribution in [0.15, 0.2) is 47.4 Å². The summed E-state index contributed by atoms with van der Waals surface area (Å²) in [6, 6.07) is 9.22. The Bertz CT molecular complexity index is 910. The highest BCUT2D eigenvalue weighted by Gasteiger charge is 2.22. The number of anilines is 1. The number of hydrogen-bond donors (Lipinski definition) is 3. The maximum atomic E-state index is 13.0. The summed E-state index contributed by atoms with van der Waals surface area (Å²) >= 11 is 0. The highest BCUT2D eigenvalue weighted by Crippen LogP contribution is 2.20. The largest absolute Gasteiger partial charge is 0.346 e. The molecule has 0 saturated heterocycles. The number of carbonyl (C=O) groups excluding carboxylic acids is 1. The van der Waals surface area contributed by atoms with Crippen LogP contribution >= 0.6 is 0 Å². The van der Waals surface area contributed by atoms with Gasteiger partial charge < -0.3 is 11.1 Å². The van der Waals surface area contributed by atoms with E-state index >= 15 is 0 Å². The van der Waals surface area contributed by atoms with E-state index in [-0.39, 0.29) is 22.7 Å². The van der Waals surface area contributed by atoms with Crippen molar-refractivity contribution in [2.24, 2.45) is 5.73 Å². The fraction of sp³-hybridized carbons (Fsp3) is 0.278. The summed E-state index contributed by atoms with van der Waals surface area (Å²) < 4.78 is 40.4. The first-order valence-corrected chi connectivity index (χ1v) is 9.44. The molecule has 0 atom stereocenters. The Hall–Kier alpha value is -2.45. The Morgan fingerprint density at radius 2 is 1.77 bits per heavy atom. The molecule has 0 radical (unpaired) electrons. The summed E-state index contributed by atoms with van der Waals surface area (Å²) in [5, 5.41) is 2.78. The number of aryl methyl sites for hydroxylation is 1. The van der Waals surface area contributed by atoms with Crippen molar-refractivity contribution < 1.29 is 17.6 Å². The number of nitrogens with two attached hydrogens (primary N) is 1. The van der Waals surface area contributed by atoms with E-state index in [4.69, 9.17) is 5.73 Å². The van der Waals surface area contributed by atoms with Crippen molar-refractivity contribution in [1.29, 1.82) is 0 Å². The SMILES string of the molecule is Cc1ccc(S(=O)(=O)Nc2ccc(F)cc2)cc1C(=O)NC(C)(C)CN. The summed E-state index contributed by atoms with van der Waals surface area (Å²) in [5.41, 5.74) is 6.10. The molecular weight excluding hydrogens is 357 g/mol. The van der Waals surface area contributed by atoms with Crippen LogP contribution in [0.25, 0.3) is 0 Å². The van der Waals surface area contributed by atoms with E-state index in [0.717, 1.165) is 12.1 Å². The van der Waals surface area contributed by atoms with E-state index in [1.165, 1.54) is 24.3 Å². The molecule has 2 aromatic carbocycles. The third-order valence-electron chi connectivity index (χ3n) is 3.82. The topological polar surface area (TPSA) is 101 Å². The van der Waals surface area contributed by atoms with Crippen LogP contribution in [0.3, 0.4) is 0 Å². The summed E-state index contributed by atoms with van der Waals surface area (Å²) in [5.74, 6) is -0.874. The predicted molar refractivity (Wildman–Crippen MR) is 99.0 cm³/mol. The van der Waals surface area contributed by atoms with Crippen LogP contribution in [0.4, 0.5) is 10.1 Å². The van der Waals surface area contributed by atoms with Gasteiger partial charge in [0.15, 0.2) is 0 Å². The molecule has 0 bridgehead atoms. The molecule has 0 unspecified atom stereocenters. The molecule has 0 aliphatic rings. The minimum absolute atomic E-state index is 0.0665. The molecule has 1 amide bonds. The average molecular weight is 379 g/mol. The van der Waals surface area contributed by atoms with Gasteiger partial charge in [-0.3, -0.25) is 9.52 Å². The monoisotopic (exact) mass is 379 g/mol. The van der Waals surface area contributed by atoms with Crippen molar-refractivity contribution >= 4 is 21.6 Å². The van der Waals surface area contributed by atoms with Gasteiger partial charge in [-0.1, -0.05) is 6.07 Å². The van der Waals surface area contributed by atoms with E-state index < -0.39 is 27.3 Å². The molecule has 0 fully saturated rings. The highest BCUT2D eigenvalue weighted by atomic mass is 32.2. The second-order valence-electron chi connectivity index (χ2n) is 6.63. The lowest BCUT2D eigenvalue weighted by Crippen LogP contribution is -2.49. The van der Waals surface area contributed by atoms with Crippen LogP contribution in [0, 0.1) is 12.7 Å². The lowest BCUT2D eigenvalue weighted by Gasteiger charge is -2.24. The van der Waals surface area contributed by atoms with Gasteiger partial charge in [-0.15, -0.1) is 0 Å². The number of rotatable bonds is 6. The minimum atomic E-state index is -3.93. The molecule has 26 heavy (non-hydrogen) atoms. The fourth-order valence-electron chi connectivity index (χ4n) is 2.17. The highest BCUT2D eigenvalue weighted by molar-refractivity contribution is 7.92. The van der Waals surface area contributed by atoms with Crippen LogP contribution in [0.5, 0.6) is 0 Å². The van der Waals surface area contributed by atoms with Gasteiger partial charge in [0.25, 0.3) is 15.9 Å². The Morgan fingerprint density at radius 3 is 2.35 bits per heavy atom. The van der Waals surface area contributed by atoms with Gasteiger partial charge in [0.1, 0.15) is 5.82 Å². The molecule has 4 N–H and O–H groups in total. The van der Waals surface area contributed by atoms with Gasteiger partial charge in [0.2, 0.25) is 0 Å². The first kappa shape index (κ1) is 19.9. The van der Waals surface area contributed by atoms with E-state index in [0.29, 0.717) is 5.56 Å². The molecule has 0 aliphatic carbocycles. The zero-order chi connectivity index (χ0) is 19.5. The maximum Gasteiger partial charge on any atom is 0.261 e. The average Bonchev–Trinajstić information content (AvgIpc) is 2.56. The van der Waals surface area contributed by atoms with Crippen molar-refractivity contribution in [3.05, 3.63) is 59.4 Å².